The summed E-state index contributed by atoms with van der Waals surface area (Å²) in [6.07, 6.45) is 0.722. The number of hydrogen-bond donors (Lipinski definition) is 1. The van der Waals surface area contributed by atoms with E-state index < -0.39 is 0 Å². The Morgan fingerprint density at radius 2 is 2.21 bits per heavy atom. The number of aromatic nitrogens is 2. The molecule has 2 heterocycles. The van der Waals surface area contributed by atoms with Gasteiger partial charge in [0, 0.05) is 30.9 Å². The molecule has 0 unspecified atom stereocenters. The summed E-state index contributed by atoms with van der Waals surface area (Å²) in [4.78, 5) is 2.30. The Labute approximate surface area is 115 Å². The van der Waals surface area contributed by atoms with Crippen molar-refractivity contribution in [1.29, 1.82) is 0 Å². The molecule has 0 aliphatic carbocycles. The SMILES string of the molecule is CCOc1nn([C@@H](C)CN2CC[C@H](O)C2)c(C)c1C. The predicted octanol–water partition coefficient (Wildman–Crippen LogP) is 1.53. The number of hydrogen-bond acceptors (Lipinski definition) is 4. The van der Waals surface area contributed by atoms with Crippen LogP contribution in [0.25, 0.3) is 0 Å². The van der Waals surface area contributed by atoms with E-state index in [2.05, 4.69) is 30.8 Å². The Morgan fingerprint density at radius 3 is 2.79 bits per heavy atom. The molecule has 5 nitrogen and oxygen atoms in total. The molecule has 0 radical (unpaired) electrons. The second-order valence-electron chi connectivity index (χ2n) is 5.44. The van der Waals surface area contributed by atoms with Crippen molar-refractivity contribution in [1.82, 2.24) is 14.7 Å². The number of nitrogens with zero attached hydrogens (tertiary/aromatic N) is 3. The van der Waals surface area contributed by atoms with Crippen LogP contribution in [0.2, 0.25) is 0 Å². The third-order valence-electron chi connectivity index (χ3n) is 3.87. The number of rotatable bonds is 5. The van der Waals surface area contributed by atoms with E-state index in [0.717, 1.165) is 43.2 Å². The van der Waals surface area contributed by atoms with Crippen LogP contribution in [0.3, 0.4) is 0 Å². The van der Waals surface area contributed by atoms with Crippen molar-refractivity contribution < 1.29 is 9.84 Å². The van der Waals surface area contributed by atoms with Gasteiger partial charge in [0.25, 0.3) is 0 Å². The molecular weight excluding hydrogens is 242 g/mol. The second-order valence-corrected chi connectivity index (χ2v) is 5.44. The first-order chi connectivity index (χ1) is 9.02. The van der Waals surface area contributed by atoms with E-state index >= 15 is 0 Å². The first-order valence-electron chi connectivity index (χ1n) is 7.11. The van der Waals surface area contributed by atoms with Gasteiger partial charge in [0.1, 0.15) is 0 Å². The van der Waals surface area contributed by atoms with Crippen molar-refractivity contribution in [3.05, 3.63) is 11.3 Å². The van der Waals surface area contributed by atoms with Gasteiger partial charge in [-0.25, -0.2) is 0 Å². The van der Waals surface area contributed by atoms with Gasteiger partial charge in [0.2, 0.25) is 5.88 Å². The number of aliphatic hydroxyl groups excluding tert-OH is 1. The monoisotopic (exact) mass is 267 g/mol. The van der Waals surface area contributed by atoms with Gasteiger partial charge >= 0.3 is 0 Å². The molecule has 0 saturated carbocycles. The fourth-order valence-electron chi connectivity index (χ4n) is 2.71. The lowest BCUT2D eigenvalue weighted by Crippen LogP contribution is -2.29. The van der Waals surface area contributed by atoms with Gasteiger partial charge in [0.15, 0.2) is 0 Å². The molecule has 1 N–H and O–H groups in total. The van der Waals surface area contributed by atoms with Gasteiger partial charge in [-0.15, -0.1) is 5.10 Å². The van der Waals surface area contributed by atoms with E-state index in [9.17, 15) is 5.11 Å². The molecule has 1 aliphatic rings. The van der Waals surface area contributed by atoms with E-state index in [1.165, 1.54) is 0 Å². The normalized spacial score (nSPS) is 21.8. The summed E-state index contributed by atoms with van der Waals surface area (Å²) in [7, 11) is 0. The summed E-state index contributed by atoms with van der Waals surface area (Å²) in [6, 6.07) is 0.290. The van der Waals surface area contributed by atoms with Gasteiger partial charge in [-0.1, -0.05) is 0 Å². The molecule has 108 valence electrons. The molecule has 1 aliphatic heterocycles. The minimum Gasteiger partial charge on any atom is -0.477 e. The lowest BCUT2D eigenvalue weighted by molar-refractivity contribution is 0.170. The molecule has 0 spiro atoms. The van der Waals surface area contributed by atoms with Crippen molar-refractivity contribution in [2.45, 2.75) is 46.3 Å². The van der Waals surface area contributed by atoms with Crippen molar-refractivity contribution in [2.24, 2.45) is 0 Å². The zero-order valence-electron chi connectivity index (χ0n) is 12.4. The van der Waals surface area contributed by atoms with Crippen molar-refractivity contribution in [3.63, 3.8) is 0 Å². The fourth-order valence-corrected chi connectivity index (χ4v) is 2.71. The van der Waals surface area contributed by atoms with Crippen LogP contribution in [-0.2, 0) is 0 Å². The number of aliphatic hydroxyl groups is 1. The fraction of sp³-hybridized carbons (Fsp3) is 0.786. The van der Waals surface area contributed by atoms with Crippen LogP contribution >= 0.6 is 0 Å². The van der Waals surface area contributed by atoms with E-state index in [-0.39, 0.29) is 6.10 Å². The molecule has 1 fully saturated rings. The maximum absolute atomic E-state index is 9.57. The molecule has 0 bridgehead atoms. The zero-order chi connectivity index (χ0) is 14.0. The zero-order valence-corrected chi connectivity index (χ0v) is 12.4. The highest BCUT2D eigenvalue weighted by Crippen LogP contribution is 2.24. The molecule has 0 amide bonds. The van der Waals surface area contributed by atoms with Crippen molar-refractivity contribution in [3.8, 4) is 5.88 Å². The average molecular weight is 267 g/mol. The van der Waals surface area contributed by atoms with Crippen LogP contribution in [0.4, 0.5) is 0 Å². The third-order valence-corrected chi connectivity index (χ3v) is 3.87. The van der Waals surface area contributed by atoms with Gasteiger partial charge in [-0.3, -0.25) is 9.58 Å². The molecule has 5 heteroatoms. The highest BCUT2D eigenvalue weighted by molar-refractivity contribution is 5.29. The molecular formula is C14H25N3O2. The molecule has 19 heavy (non-hydrogen) atoms. The van der Waals surface area contributed by atoms with Crippen molar-refractivity contribution >= 4 is 0 Å². The van der Waals surface area contributed by atoms with Gasteiger partial charge in [-0.2, -0.15) is 0 Å². The first kappa shape index (κ1) is 14.3. The van der Waals surface area contributed by atoms with Gasteiger partial charge in [0.05, 0.1) is 18.8 Å². The number of β-amino-alcohol motifs (C(OH)–C–C–N with tert-alkyl or cyclic N) is 1. The third kappa shape index (κ3) is 3.09. The topological polar surface area (TPSA) is 50.5 Å². The summed E-state index contributed by atoms with van der Waals surface area (Å²) in [5.41, 5.74) is 2.28. The largest absolute Gasteiger partial charge is 0.477 e. The average Bonchev–Trinajstić information content (AvgIpc) is 2.88. The maximum atomic E-state index is 9.57. The highest BCUT2D eigenvalue weighted by atomic mass is 16.5. The van der Waals surface area contributed by atoms with Crippen LogP contribution in [0.1, 0.15) is 37.6 Å². The standard InChI is InChI=1S/C14H25N3O2/c1-5-19-14-11(3)12(4)17(15-14)10(2)8-16-7-6-13(18)9-16/h10,13,18H,5-9H2,1-4H3/t10-,13-/m0/s1. The van der Waals surface area contributed by atoms with E-state index in [1.807, 2.05) is 11.6 Å². The molecule has 1 aromatic rings. The van der Waals surface area contributed by atoms with Crippen molar-refractivity contribution in [2.75, 3.05) is 26.2 Å². The van der Waals surface area contributed by atoms with E-state index in [0.29, 0.717) is 12.6 Å². The minimum atomic E-state index is -0.161. The van der Waals surface area contributed by atoms with Crippen LogP contribution in [0.15, 0.2) is 0 Å². The van der Waals surface area contributed by atoms with Crippen LogP contribution in [0, 0.1) is 13.8 Å². The number of ether oxygens (including phenoxy) is 1. The van der Waals surface area contributed by atoms with Crippen LogP contribution in [0.5, 0.6) is 5.88 Å². The van der Waals surface area contributed by atoms with Crippen LogP contribution in [-0.4, -0.2) is 52.1 Å². The molecule has 1 aromatic heterocycles. The van der Waals surface area contributed by atoms with E-state index in [4.69, 9.17) is 4.74 Å². The lowest BCUT2D eigenvalue weighted by Gasteiger charge is -2.21. The molecule has 1 saturated heterocycles. The first-order valence-corrected chi connectivity index (χ1v) is 7.11. The summed E-state index contributed by atoms with van der Waals surface area (Å²) >= 11 is 0. The lowest BCUT2D eigenvalue weighted by atomic mass is 10.2. The Morgan fingerprint density at radius 1 is 1.47 bits per heavy atom. The summed E-state index contributed by atoms with van der Waals surface area (Å²) in [5.74, 6) is 0.744. The summed E-state index contributed by atoms with van der Waals surface area (Å²) in [5, 5.41) is 14.1. The Kier molecular flexibility index (Phi) is 4.47. The summed E-state index contributed by atoms with van der Waals surface area (Å²) < 4.78 is 7.60. The second kappa shape index (κ2) is 5.92. The van der Waals surface area contributed by atoms with Gasteiger partial charge < -0.3 is 9.84 Å². The highest BCUT2D eigenvalue weighted by Gasteiger charge is 2.23. The summed E-state index contributed by atoms with van der Waals surface area (Å²) in [6.45, 7) is 11.6. The number of likely N-dealkylation sites (tertiary alicyclic amines) is 1. The maximum Gasteiger partial charge on any atom is 0.235 e. The smallest absolute Gasteiger partial charge is 0.235 e. The minimum absolute atomic E-state index is 0.161. The Balaban J connectivity index is 2.06. The quantitative estimate of drug-likeness (QED) is 0.879. The Hall–Kier alpha value is -1.07. The van der Waals surface area contributed by atoms with Gasteiger partial charge in [-0.05, 0) is 34.1 Å². The van der Waals surface area contributed by atoms with Crippen LogP contribution < -0.4 is 4.74 Å². The van der Waals surface area contributed by atoms with E-state index in [1.54, 1.807) is 0 Å². The molecule has 2 rings (SSSR count). The Bertz CT molecular complexity index is 431. The molecule has 0 aromatic carbocycles. The molecule has 2 atom stereocenters. The predicted molar refractivity (Wildman–Crippen MR) is 74.6 cm³/mol.